The summed E-state index contributed by atoms with van der Waals surface area (Å²) in [5, 5.41) is 19.6. The van der Waals surface area contributed by atoms with Crippen LogP contribution in [0.3, 0.4) is 0 Å². The second kappa shape index (κ2) is 6.21. The summed E-state index contributed by atoms with van der Waals surface area (Å²) in [4.78, 5) is 34.9. The number of nitrogens with zero attached hydrogens (tertiary/aromatic N) is 2. The minimum Gasteiger partial charge on any atom is -0.481 e. The van der Waals surface area contributed by atoms with Crippen molar-refractivity contribution >= 4 is 33.5 Å². The molecule has 1 saturated heterocycles. The van der Waals surface area contributed by atoms with Crippen LogP contribution < -0.4 is 0 Å². The number of aliphatic carboxylic acids is 1. The van der Waals surface area contributed by atoms with E-state index >= 15 is 0 Å². The van der Waals surface area contributed by atoms with Gasteiger partial charge in [-0.1, -0.05) is 0 Å². The molecule has 21 heavy (non-hydrogen) atoms. The van der Waals surface area contributed by atoms with E-state index in [-0.39, 0.29) is 29.5 Å². The van der Waals surface area contributed by atoms with E-state index in [1.807, 2.05) is 0 Å². The average Bonchev–Trinajstić information content (AvgIpc) is 2.85. The van der Waals surface area contributed by atoms with Gasteiger partial charge in [0.15, 0.2) is 0 Å². The Bertz CT molecular complexity index is 604. The molecule has 1 N–H and O–H groups in total. The molecule has 0 saturated carbocycles. The van der Waals surface area contributed by atoms with E-state index in [2.05, 4.69) is 15.9 Å². The number of carboxylic acid groups (broad SMARTS) is 1. The maximum atomic E-state index is 12.4. The van der Waals surface area contributed by atoms with Crippen molar-refractivity contribution in [2.75, 3.05) is 13.1 Å². The normalized spacial score (nSPS) is 17.8. The van der Waals surface area contributed by atoms with Gasteiger partial charge >= 0.3 is 5.97 Å². The summed E-state index contributed by atoms with van der Waals surface area (Å²) in [6, 6.07) is 4.02. The first kappa shape index (κ1) is 15.4. The molecule has 1 fully saturated rings. The van der Waals surface area contributed by atoms with Gasteiger partial charge in [-0.25, -0.2) is 0 Å². The molecule has 1 heterocycles. The smallest absolute Gasteiger partial charge is 0.303 e. The lowest BCUT2D eigenvalue weighted by Crippen LogP contribution is -2.29. The van der Waals surface area contributed by atoms with Crippen LogP contribution in [0.25, 0.3) is 0 Å². The van der Waals surface area contributed by atoms with E-state index < -0.39 is 10.9 Å². The molecule has 1 atom stereocenters. The van der Waals surface area contributed by atoms with Crippen LogP contribution in [0.5, 0.6) is 0 Å². The SMILES string of the molecule is O=C(O)CC1CCN(C(=O)c2cc([N+](=O)[O-])ccc2Br)C1. The molecule has 1 aromatic rings. The molecule has 0 bridgehead atoms. The van der Waals surface area contributed by atoms with Crippen LogP contribution in [-0.2, 0) is 4.79 Å². The van der Waals surface area contributed by atoms with Gasteiger partial charge in [-0.3, -0.25) is 19.7 Å². The molecule has 1 unspecified atom stereocenters. The van der Waals surface area contributed by atoms with Gasteiger partial charge < -0.3 is 10.0 Å². The molecule has 0 radical (unpaired) electrons. The fourth-order valence-corrected chi connectivity index (χ4v) is 2.81. The Balaban J connectivity index is 2.15. The van der Waals surface area contributed by atoms with Crippen molar-refractivity contribution in [2.45, 2.75) is 12.8 Å². The molecule has 1 amide bonds. The maximum absolute atomic E-state index is 12.4. The van der Waals surface area contributed by atoms with Crippen molar-refractivity contribution in [1.82, 2.24) is 4.90 Å². The van der Waals surface area contributed by atoms with Gasteiger partial charge in [0.05, 0.1) is 10.5 Å². The number of carbonyl (C=O) groups excluding carboxylic acids is 1. The third kappa shape index (κ3) is 3.57. The van der Waals surface area contributed by atoms with Gasteiger partial charge in [0.2, 0.25) is 0 Å². The zero-order valence-corrected chi connectivity index (χ0v) is 12.6. The van der Waals surface area contributed by atoms with Gasteiger partial charge in [-0.15, -0.1) is 0 Å². The first-order chi connectivity index (χ1) is 9.88. The van der Waals surface area contributed by atoms with Crippen LogP contribution in [0.2, 0.25) is 0 Å². The highest BCUT2D eigenvalue weighted by molar-refractivity contribution is 9.10. The first-order valence-corrected chi connectivity index (χ1v) is 7.12. The number of carboxylic acids is 1. The summed E-state index contributed by atoms with van der Waals surface area (Å²) in [5.74, 6) is -1.27. The van der Waals surface area contributed by atoms with E-state index in [1.54, 1.807) is 0 Å². The van der Waals surface area contributed by atoms with Crippen molar-refractivity contribution in [3.05, 3.63) is 38.3 Å². The third-order valence-electron chi connectivity index (χ3n) is 3.43. The second-order valence-electron chi connectivity index (χ2n) is 4.92. The molecular weight excluding hydrogens is 344 g/mol. The van der Waals surface area contributed by atoms with Gasteiger partial charge in [0.25, 0.3) is 11.6 Å². The lowest BCUT2D eigenvalue weighted by atomic mass is 10.1. The number of nitro benzene ring substituents is 1. The minimum atomic E-state index is -0.883. The number of hydrogen-bond donors (Lipinski definition) is 1. The number of nitro groups is 1. The summed E-state index contributed by atoms with van der Waals surface area (Å²) >= 11 is 3.22. The molecule has 0 aliphatic carbocycles. The number of hydrogen-bond acceptors (Lipinski definition) is 4. The Kier molecular flexibility index (Phi) is 4.56. The number of rotatable bonds is 4. The Morgan fingerprint density at radius 1 is 1.48 bits per heavy atom. The standard InChI is InChI=1S/C13H13BrN2O5/c14-11-2-1-9(16(20)21)6-10(11)13(19)15-4-3-8(7-15)5-12(17)18/h1-2,6,8H,3-5,7H2,(H,17,18). The number of amides is 1. The number of non-ortho nitro benzene ring substituents is 1. The predicted molar refractivity (Wildman–Crippen MR) is 77.1 cm³/mol. The molecule has 8 heteroatoms. The molecule has 0 spiro atoms. The zero-order valence-electron chi connectivity index (χ0n) is 11.0. The van der Waals surface area contributed by atoms with Crippen LogP contribution in [-0.4, -0.2) is 39.9 Å². The highest BCUT2D eigenvalue weighted by atomic mass is 79.9. The highest BCUT2D eigenvalue weighted by Gasteiger charge is 2.29. The van der Waals surface area contributed by atoms with Crippen molar-refractivity contribution in [1.29, 1.82) is 0 Å². The van der Waals surface area contributed by atoms with Gasteiger partial charge in [-0.2, -0.15) is 0 Å². The zero-order chi connectivity index (χ0) is 15.6. The molecule has 1 aliphatic rings. The van der Waals surface area contributed by atoms with Crippen LogP contribution in [0.4, 0.5) is 5.69 Å². The van der Waals surface area contributed by atoms with Gasteiger partial charge in [-0.05, 0) is 34.3 Å². The van der Waals surface area contributed by atoms with E-state index in [1.165, 1.54) is 23.1 Å². The largest absolute Gasteiger partial charge is 0.481 e. The Morgan fingerprint density at radius 3 is 2.81 bits per heavy atom. The Morgan fingerprint density at radius 2 is 2.19 bits per heavy atom. The highest BCUT2D eigenvalue weighted by Crippen LogP contribution is 2.27. The number of likely N-dealkylation sites (tertiary alicyclic amines) is 1. The van der Waals surface area contributed by atoms with Crippen LogP contribution >= 0.6 is 15.9 Å². The van der Waals surface area contributed by atoms with E-state index in [9.17, 15) is 19.7 Å². The maximum Gasteiger partial charge on any atom is 0.303 e. The van der Waals surface area contributed by atoms with Crippen LogP contribution in [0, 0.1) is 16.0 Å². The quantitative estimate of drug-likeness (QED) is 0.658. The second-order valence-corrected chi connectivity index (χ2v) is 5.78. The van der Waals surface area contributed by atoms with E-state index in [0.717, 1.165) is 0 Å². The lowest BCUT2D eigenvalue weighted by molar-refractivity contribution is -0.384. The number of carbonyl (C=O) groups is 2. The number of halogens is 1. The summed E-state index contributed by atoms with van der Waals surface area (Å²) in [6.07, 6.45) is 0.657. The molecule has 1 aliphatic heterocycles. The third-order valence-corrected chi connectivity index (χ3v) is 4.12. The summed E-state index contributed by atoms with van der Waals surface area (Å²) < 4.78 is 0.486. The molecule has 2 rings (SSSR count). The fourth-order valence-electron chi connectivity index (χ4n) is 2.39. The Labute approximate surface area is 128 Å². The van der Waals surface area contributed by atoms with Gasteiger partial charge in [0, 0.05) is 36.1 Å². The van der Waals surface area contributed by atoms with Crippen molar-refractivity contribution in [2.24, 2.45) is 5.92 Å². The van der Waals surface area contributed by atoms with Crippen LogP contribution in [0.15, 0.2) is 22.7 Å². The monoisotopic (exact) mass is 356 g/mol. The minimum absolute atomic E-state index is 0.0277. The molecule has 112 valence electrons. The van der Waals surface area contributed by atoms with Gasteiger partial charge in [0.1, 0.15) is 0 Å². The topological polar surface area (TPSA) is 101 Å². The van der Waals surface area contributed by atoms with Crippen molar-refractivity contribution in [3.8, 4) is 0 Å². The van der Waals surface area contributed by atoms with E-state index in [0.29, 0.717) is 24.0 Å². The lowest BCUT2D eigenvalue weighted by Gasteiger charge is -2.17. The summed E-state index contributed by atoms with van der Waals surface area (Å²) in [6.45, 7) is 0.826. The van der Waals surface area contributed by atoms with Crippen LogP contribution in [0.1, 0.15) is 23.2 Å². The average molecular weight is 357 g/mol. The van der Waals surface area contributed by atoms with Crippen molar-refractivity contribution < 1.29 is 19.6 Å². The molecular formula is C13H13BrN2O5. The summed E-state index contributed by atoms with van der Waals surface area (Å²) in [7, 11) is 0. The van der Waals surface area contributed by atoms with Crippen molar-refractivity contribution in [3.63, 3.8) is 0 Å². The fraction of sp³-hybridized carbons (Fsp3) is 0.385. The first-order valence-electron chi connectivity index (χ1n) is 6.33. The molecule has 0 aromatic heterocycles. The molecule has 7 nitrogen and oxygen atoms in total. The molecule has 1 aromatic carbocycles. The number of benzene rings is 1. The Hall–Kier alpha value is -1.96. The summed E-state index contributed by atoms with van der Waals surface area (Å²) in [5.41, 5.74) is 0.0722. The predicted octanol–water partition coefficient (Wildman–Crippen LogP) is 2.29. The van der Waals surface area contributed by atoms with E-state index in [4.69, 9.17) is 5.11 Å².